The smallest absolute Gasteiger partial charge is 0.291 e. The molecule has 7 nitrogen and oxygen atoms in total. The Morgan fingerprint density at radius 2 is 1.60 bits per heavy atom. The van der Waals surface area contributed by atoms with Gasteiger partial charge < -0.3 is 15.1 Å². The van der Waals surface area contributed by atoms with Gasteiger partial charge >= 0.3 is 0 Å². The number of furan rings is 1. The first-order valence-electron chi connectivity index (χ1n) is 11.1. The maximum Gasteiger partial charge on any atom is 0.291 e. The summed E-state index contributed by atoms with van der Waals surface area (Å²) in [6, 6.07) is 27.5. The van der Waals surface area contributed by atoms with Gasteiger partial charge in [-0.1, -0.05) is 48.5 Å². The summed E-state index contributed by atoms with van der Waals surface area (Å²) in [5, 5.41) is 8.32. The molecule has 170 valence electrons. The highest BCUT2D eigenvalue weighted by Crippen LogP contribution is 2.41. The predicted octanol–water partition coefficient (Wildman–Crippen LogP) is 5.85. The molecule has 7 heteroatoms. The molecule has 35 heavy (non-hydrogen) atoms. The fourth-order valence-corrected chi connectivity index (χ4v) is 4.39. The van der Waals surface area contributed by atoms with Crippen molar-refractivity contribution in [2.24, 2.45) is 0 Å². The van der Waals surface area contributed by atoms with Gasteiger partial charge in [-0.2, -0.15) is 0 Å². The van der Waals surface area contributed by atoms with Crippen LogP contribution >= 0.6 is 0 Å². The zero-order valence-electron chi connectivity index (χ0n) is 18.4. The lowest BCUT2D eigenvalue weighted by Gasteiger charge is -2.24. The van der Waals surface area contributed by atoms with Crippen molar-refractivity contribution in [3.05, 3.63) is 96.8 Å². The Morgan fingerprint density at radius 1 is 0.857 bits per heavy atom. The van der Waals surface area contributed by atoms with Gasteiger partial charge in [0.15, 0.2) is 5.76 Å². The van der Waals surface area contributed by atoms with Crippen LogP contribution in [0.3, 0.4) is 0 Å². The first-order valence-corrected chi connectivity index (χ1v) is 11.1. The highest BCUT2D eigenvalue weighted by molar-refractivity contribution is 6.21. The van der Waals surface area contributed by atoms with Crippen LogP contribution in [-0.2, 0) is 9.59 Å². The van der Waals surface area contributed by atoms with Crippen LogP contribution in [0.25, 0.3) is 21.7 Å². The summed E-state index contributed by atoms with van der Waals surface area (Å²) in [4.78, 5) is 39.7. The van der Waals surface area contributed by atoms with Crippen LogP contribution in [0.2, 0.25) is 0 Å². The van der Waals surface area contributed by atoms with Gasteiger partial charge in [-0.3, -0.25) is 19.3 Å². The molecule has 0 atom stereocenters. The van der Waals surface area contributed by atoms with Gasteiger partial charge in [0.25, 0.3) is 5.91 Å². The molecule has 1 aliphatic rings. The molecule has 0 fully saturated rings. The van der Waals surface area contributed by atoms with Crippen molar-refractivity contribution in [2.45, 2.75) is 6.42 Å². The maximum atomic E-state index is 13.1. The zero-order chi connectivity index (χ0) is 23.9. The molecule has 2 N–H and O–H groups in total. The number of amides is 3. The number of nitrogens with one attached hydrogen (secondary N) is 2. The highest BCUT2D eigenvalue weighted by Gasteiger charge is 2.29. The lowest BCUT2D eigenvalue weighted by molar-refractivity contribution is -0.124. The van der Waals surface area contributed by atoms with E-state index in [-0.39, 0.29) is 29.9 Å². The molecule has 1 aromatic heterocycles. The topological polar surface area (TPSA) is 91.7 Å². The monoisotopic (exact) mass is 461 g/mol. The number of hydrogen-bond donors (Lipinski definition) is 2. The summed E-state index contributed by atoms with van der Waals surface area (Å²) in [5.41, 5.74) is 2.97. The van der Waals surface area contributed by atoms with Gasteiger partial charge in [0.2, 0.25) is 11.8 Å². The largest absolute Gasteiger partial charge is 0.451 e. The predicted molar refractivity (Wildman–Crippen MR) is 135 cm³/mol. The second kappa shape index (κ2) is 8.14. The minimum absolute atomic E-state index is 0.211. The third-order valence-electron chi connectivity index (χ3n) is 5.99. The molecule has 0 bridgehead atoms. The van der Waals surface area contributed by atoms with Crippen LogP contribution in [0, 0.1) is 0 Å². The molecule has 0 unspecified atom stereocenters. The molecule has 0 radical (unpaired) electrons. The molecule has 5 aromatic rings. The first-order chi connectivity index (χ1) is 17.1. The van der Waals surface area contributed by atoms with E-state index < -0.39 is 0 Å². The minimum atomic E-state index is -0.370. The highest BCUT2D eigenvalue weighted by atomic mass is 16.3. The van der Waals surface area contributed by atoms with Crippen LogP contribution in [-0.4, -0.2) is 17.7 Å². The Bertz CT molecular complexity index is 1600. The molecule has 0 spiro atoms. The van der Waals surface area contributed by atoms with Gasteiger partial charge in [0.1, 0.15) is 12.0 Å². The van der Waals surface area contributed by atoms with Crippen LogP contribution < -0.4 is 15.5 Å². The van der Waals surface area contributed by atoms with Crippen molar-refractivity contribution in [3.63, 3.8) is 0 Å². The average Bonchev–Trinajstić information content (AvgIpc) is 3.25. The second-order valence-corrected chi connectivity index (χ2v) is 8.29. The van der Waals surface area contributed by atoms with Crippen molar-refractivity contribution in [1.82, 2.24) is 0 Å². The molecule has 0 aliphatic carbocycles. The van der Waals surface area contributed by atoms with Gasteiger partial charge in [0.05, 0.1) is 11.4 Å². The lowest BCUT2D eigenvalue weighted by atomic mass is 10.1. The molecule has 0 saturated carbocycles. The van der Waals surface area contributed by atoms with E-state index in [1.165, 1.54) is 0 Å². The van der Waals surface area contributed by atoms with E-state index in [0.717, 1.165) is 16.2 Å². The number of benzene rings is 4. The molecule has 0 saturated heterocycles. The summed E-state index contributed by atoms with van der Waals surface area (Å²) in [6.45, 7) is 0. The molecule has 1 aliphatic heterocycles. The standard InChI is InChI=1S/C28H19N3O4/c32-25-16-26(33)31(27-21-7-3-1-5-17(21)9-14-22(27)30-25)20-12-10-19(11-13-20)29-28(34)24-15-18-6-2-4-8-23(18)35-24/h1-15H,16H2,(H,29,34)(H,30,32). The summed E-state index contributed by atoms with van der Waals surface area (Å²) in [5.74, 6) is -0.852. The number of hydrogen-bond acceptors (Lipinski definition) is 4. The number of anilines is 4. The zero-order valence-corrected chi connectivity index (χ0v) is 18.4. The van der Waals surface area contributed by atoms with E-state index in [1.54, 1.807) is 41.3 Å². The molecule has 2 heterocycles. The fourth-order valence-electron chi connectivity index (χ4n) is 4.39. The number of para-hydroxylation sites is 1. The molecular weight excluding hydrogens is 442 g/mol. The number of fused-ring (bicyclic) bond motifs is 4. The lowest BCUT2D eigenvalue weighted by Crippen LogP contribution is -2.26. The molecular formula is C28H19N3O4. The summed E-state index contributed by atoms with van der Waals surface area (Å²) in [7, 11) is 0. The SMILES string of the molecule is O=C1CC(=O)N(c2ccc(NC(=O)c3cc4ccccc4o3)cc2)c2c(ccc3ccccc23)N1. The minimum Gasteiger partial charge on any atom is -0.451 e. The van der Waals surface area contributed by atoms with Crippen molar-refractivity contribution < 1.29 is 18.8 Å². The third kappa shape index (κ3) is 3.69. The molecule has 3 amide bonds. The normalized spacial score (nSPS) is 13.4. The molecule has 6 rings (SSSR count). The Morgan fingerprint density at radius 3 is 2.40 bits per heavy atom. The average molecular weight is 461 g/mol. The van der Waals surface area contributed by atoms with Crippen molar-refractivity contribution >= 4 is 62.2 Å². The quantitative estimate of drug-likeness (QED) is 0.330. The van der Waals surface area contributed by atoms with E-state index in [0.29, 0.717) is 28.3 Å². The number of nitrogens with zero attached hydrogens (tertiary/aromatic N) is 1. The van der Waals surface area contributed by atoms with Crippen LogP contribution in [0.4, 0.5) is 22.7 Å². The Kier molecular flexibility index (Phi) is 4.81. The van der Waals surface area contributed by atoms with Crippen LogP contribution in [0.15, 0.2) is 95.4 Å². The van der Waals surface area contributed by atoms with Gasteiger partial charge in [-0.15, -0.1) is 0 Å². The van der Waals surface area contributed by atoms with Crippen LogP contribution in [0.1, 0.15) is 17.0 Å². The summed E-state index contributed by atoms with van der Waals surface area (Å²) >= 11 is 0. The number of rotatable bonds is 3. The Labute approximate surface area is 200 Å². The molecule has 4 aromatic carbocycles. The van der Waals surface area contributed by atoms with Crippen LogP contribution in [0.5, 0.6) is 0 Å². The van der Waals surface area contributed by atoms with Crippen molar-refractivity contribution in [2.75, 3.05) is 15.5 Å². The van der Waals surface area contributed by atoms with Gasteiger partial charge in [-0.05, 0) is 47.9 Å². The summed E-state index contributed by atoms with van der Waals surface area (Å²) in [6.07, 6.45) is -0.270. The maximum absolute atomic E-state index is 13.1. The van der Waals surface area contributed by atoms with Crippen molar-refractivity contribution in [1.29, 1.82) is 0 Å². The second-order valence-electron chi connectivity index (χ2n) is 8.29. The van der Waals surface area contributed by atoms with Gasteiger partial charge in [-0.25, -0.2) is 0 Å². The van der Waals surface area contributed by atoms with Gasteiger partial charge in [0, 0.05) is 22.1 Å². The fraction of sp³-hybridized carbons (Fsp3) is 0.0357. The Hall–Kier alpha value is -4.91. The van der Waals surface area contributed by atoms with E-state index >= 15 is 0 Å². The van der Waals surface area contributed by atoms with E-state index in [2.05, 4.69) is 10.6 Å². The van der Waals surface area contributed by atoms with E-state index in [1.807, 2.05) is 54.6 Å². The third-order valence-corrected chi connectivity index (χ3v) is 5.99. The Balaban J connectivity index is 1.34. The summed E-state index contributed by atoms with van der Waals surface area (Å²) < 4.78 is 5.64. The number of carbonyl (C=O) groups is 3. The van der Waals surface area contributed by atoms with E-state index in [4.69, 9.17) is 4.42 Å². The number of carbonyl (C=O) groups excluding carboxylic acids is 3. The van der Waals surface area contributed by atoms with E-state index in [9.17, 15) is 14.4 Å². The van der Waals surface area contributed by atoms with Crippen molar-refractivity contribution in [3.8, 4) is 0 Å². The first kappa shape index (κ1) is 20.7.